The van der Waals surface area contributed by atoms with E-state index in [1.807, 2.05) is 4.90 Å². The number of carboxylic acid groups (broad SMARTS) is 1. The number of nitrogens with zero attached hydrogens (tertiary/aromatic N) is 2. The van der Waals surface area contributed by atoms with Gasteiger partial charge in [-0.3, -0.25) is 0 Å². The Bertz CT molecular complexity index is 351. The summed E-state index contributed by atoms with van der Waals surface area (Å²) in [6.45, 7) is 3.41. The Morgan fingerprint density at radius 3 is 2.74 bits per heavy atom. The summed E-state index contributed by atoms with van der Waals surface area (Å²) >= 11 is 1.61. The number of thioether (sulfide) groups is 1. The summed E-state index contributed by atoms with van der Waals surface area (Å²) < 4.78 is 0. The van der Waals surface area contributed by atoms with Gasteiger partial charge in [-0.05, 0) is 25.7 Å². The number of piperidine rings is 1. The van der Waals surface area contributed by atoms with E-state index in [2.05, 4.69) is 6.92 Å². The minimum Gasteiger partial charge on any atom is -0.480 e. The fourth-order valence-corrected chi connectivity index (χ4v) is 3.92. The van der Waals surface area contributed by atoms with E-state index in [4.69, 9.17) is 0 Å². The minimum atomic E-state index is -0.884. The molecule has 2 aliphatic rings. The van der Waals surface area contributed by atoms with Crippen molar-refractivity contribution < 1.29 is 14.7 Å². The van der Waals surface area contributed by atoms with Crippen molar-refractivity contribution in [2.75, 3.05) is 24.6 Å². The summed E-state index contributed by atoms with van der Waals surface area (Å²) in [5.74, 6) is 0.455. The van der Waals surface area contributed by atoms with Crippen molar-refractivity contribution in [2.45, 2.75) is 44.7 Å². The molecule has 0 saturated carbocycles. The van der Waals surface area contributed by atoms with Gasteiger partial charge in [0.05, 0.1) is 0 Å². The molecule has 1 N–H and O–H groups in total. The summed E-state index contributed by atoms with van der Waals surface area (Å²) in [5.41, 5.74) is 0. The number of carbonyl (C=O) groups is 2. The third-order valence-electron chi connectivity index (χ3n) is 4.00. The van der Waals surface area contributed by atoms with Crippen molar-refractivity contribution in [1.29, 1.82) is 0 Å². The molecule has 0 radical (unpaired) electrons. The largest absolute Gasteiger partial charge is 0.480 e. The third-order valence-corrected chi connectivity index (χ3v) is 5.03. The lowest BCUT2D eigenvalue weighted by Crippen LogP contribution is -2.57. The van der Waals surface area contributed by atoms with Gasteiger partial charge in [-0.25, -0.2) is 9.59 Å². The summed E-state index contributed by atoms with van der Waals surface area (Å²) in [6.07, 6.45) is 4.19. The molecule has 2 atom stereocenters. The molecule has 0 bridgehead atoms. The summed E-state index contributed by atoms with van der Waals surface area (Å²) in [6, 6.07) is -0.449. The Hall–Kier alpha value is -0.910. The van der Waals surface area contributed by atoms with Crippen LogP contribution in [0.3, 0.4) is 0 Å². The van der Waals surface area contributed by atoms with Gasteiger partial charge in [0.15, 0.2) is 0 Å². The van der Waals surface area contributed by atoms with Crippen LogP contribution in [0.4, 0.5) is 4.79 Å². The lowest BCUT2D eigenvalue weighted by atomic mass is 10.0. The predicted octanol–water partition coefficient (Wildman–Crippen LogP) is 1.87. The quantitative estimate of drug-likeness (QED) is 0.842. The molecular weight excluding hydrogens is 264 g/mol. The van der Waals surface area contributed by atoms with Crippen molar-refractivity contribution in [1.82, 2.24) is 9.80 Å². The van der Waals surface area contributed by atoms with Gasteiger partial charge in [0.1, 0.15) is 6.04 Å². The Labute approximate surface area is 118 Å². The zero-order valence-electron chi connectivity index (χ0n) is 11.4. The van der Waals surface area contributed by atoms with Gasteiger partial charge in [-0.2, -0.15) is 11.8 Å². The van der Waals surface area contributed by atoms with Crippen molar-refractivity contribution in [2.24, 2.45) is 0 Å². The molecule has 0 aliphatic carbocycles. The molecule has 0 aromatic rings. The second-order valence-electron chi connectivity index (χ2n) is 5.16. The second kappa shape index (κ2) is 6.50. The first-order valence-electron chi connectivity index (χ1n) is 7.03. The Morgan fingerprint density at radius 1 is 1.26 bits per heavy atom. The maximum absolute atomic E-state index is 12.6. The SMILES string of the molecule is CCC1CCCCN1C(=O)N1CCSCC1C(=O)O. The van der Waals surface area contributed by atoms with Crippen LogP contribution in [0.5, 0.6) is 0 Å². The summed E-state index contributed by atoms with van der Waals surface area (Å²) in [7, 11) is 0. The topological polar surface area (TPSA) is 60.9 Å². The van der Waals surface area contributed by atoms with E-state index in [1.54, 1.807) is 16.7 Å². The highest BCUT2D eigenvalue weighted by Gasteiger charge is 2.37. The smallest absolute Gasteiger partial charge is 0.327 e. The van der Waals surface area contributed by atoms with E-state index in [-0.39, 0.29) is 12.1 Å². The number of urea groups is 1. The van der Waals surface area contributed by atoms with Gasteiger partial charge in [0.2, 0.25) is 0 Å². The van der Waals surface area contributed by atoms with Crippen LogP contribution in [0, 0.1) is 0 Å². The third kappa shape index (κ3) is 3.16. The van der Waals surface area contributed by atoms with Crippen molar-refractivity contribution in [3.63, 3.8) is 0 Å². The fourth-order valence-electron chi connectivity index (χ4n) is 2.88. The number of carboxylic acids is 1. The number of rotatable bonds is 2. The molecule has 2 saturated heterocycles. The summed E-state index contributed by atoms with van der Waals surface area (Å²) in [5, 5.41) is 9.25. The molecule has 108 valence electrons. The lowest BCUT2D eigenvalue weighted by molar-refractivity contribution is -0.141. The molecule has 2 aliphatic heterocycles. The number of likely N-dealkylation sites (tertiary alicyclic amines) is 1. The van der Waals surface area contributed by atoms with E-state index in [0.29, 0.717) is 12.3 Å². The van der Waals surface area contributed by atoms with Crippen molar-refractivity contribution in [3.8, 4) is 0 Å². The van der Waals surface area contributed by atoms with Gasteiger partial charge in [0, 0.05) is 30.6 Å². The zero-order valence-corrected chi connectivity index (χ0v) is 12.2. The van der Waals surface area contributed by atoms with Gasteiger partial charge in [-0.15, -0.1) is 0 Å². The summed E-state index contributed by atoms with van der Waals surface area (Å²) in [4.78, 5) is 27.4. The Kier molecular flexibility index (Phi) is 4.96. The highest BCUT2D eigenvalue weighted by molar-refractivity contribution is 7.99. The molecule has 2 fully saturated rings. The Morgan fingerprint density at radius 2 is 2.05 bits per heavy atom. The van der Waals surface area contributed by atoms with Crippen molar-refractivity contribution >= 4 is 23.8 Å². The van der Waals surface area contributed by atoms with Crippen LogP contribution in [0.25, 0.3) is 0 Å². The molecule has 2 rings (SSSR count). The van der Waals surface area contributed by atoms with Gasteiger partial charge < -0.3 is 14.9 Å². The maximum Gasteiger partial charge on any atom is 0.327 e. The van der Waals surface area contributed by atoms with E-state index < -0.39 is 12.0 Å². The molecule has 2 heterocycles. The predicted molar refractivity (Wildman–Crippen MR) is 75.5 cm³/mol. The van der Waals surface area contributed by atoms with E-state index in [9.17, 15) is 14.7 Å². The van der Waals surface area contributed by atoms with Crippen LogP contribution in [0.1, 0.15) is 32.6 Å². The molecule has 6 heteroatoms. The zero-order chi connectivity index (χ0) is 13.8. The van der Waals surface area contributed by atoms with Crippen LogP contribution in [0.2, 0.25) is 0 Å². The first-order chi connectivity index (χ1) is 9.15. The van der Waals surface area contributed by atoms with Gasteiger partial charge in [0.25, 0.3) is 0 Å². The average molecular weight is 286 g/mol. The van der Waals surface area contributed by atoms with Crippen LogP contribution in [0.15, 0.2) is 0 Å². The molecule has 0 spiro atoms. The number of hydrogen-bond donors (Lipinski definition) is 1. The molecule has 0 aromatic heterocycles. The molecular formula is C13H22N2O3S. The molecule has 19 heavy (non-hydrogen) atoms. The van der Waals surface area contributed by atoms with Gasteiger partial charge >= 0.3 is 12.0 Å². The number of aliphatic carboxylic acids is 1. The number of carbonyl (C=O) groups excluding carboxylic acids is 1. The lowest BCUT2D eigenvalue weighted by Gasteiger charge is -2.41. The normalized spacial score (nSPS) is 28.3. The van der Waals surface area contributed by atoms with Crippen LogP contribution in [-0.4, -0.2) is 63.6 Å². The first-order valence-corrected chi connectivity index (χ1v) is 8.18. The number of hydrogen-bond acceptors (Lipinski definition) is 3. The average Bonchev–Trinajstić information content (AvgIpc) is 2.46. The monoisotopic (exact) mass is 286 g/mol. The van der Waals surface area contributed by atoms with Crippen LogP contribution < -0.4 is 0 Å². The van der Waals surface area contributed by atoms with E-state index in [0.717, 1.165) is 31.6 Å². The van der Waals surface area contributed by atoms with Crippen LogP contribution in [-0.2, 0) is 4.79 Å². The maximum atomic E-state index is 12.6. The minimum absolute atomic E-state index is 0.0701. The standard InChI is InChI=1S/C13H22N2O3S/c1-2-10-5-3-4-6-14(10)13(18)15-7-8-19-9-11(15)12(16)17/h10-11H,2-9H2,1H3,(H,16,17). The van der Waals surface area contributed by atoms with E-state index >= 15 is 0 Å². The van der Waals surface area contributed by atoms with E-state index in [1.165, 1.54) is 6.42 Å². The molecule has 2 amide bonds. The molecule has 0 aromatic carbocycles. The second-order valence-corrected chi connectivity index (χ2v) is 6.31. The first kappa shape index (κ1) is 14.5. The van der Waals surface area contributed by atoms with Crippen molar-refractivity contribution in [3.05, 3.63) is 0 Å². The van der Waals surface area contributed by atoms with Gasteiger partial charge in [-0.1, -0.05) is 6.92 Å². The molecule has 5 nitrogen and oxygen atoms in total. The highest BCUT2D eigenvalue weighted by Crippen LogP contribution is 2.24. The highest BCUT2D eigenvalue weighted by atomic mass is 32.2. The Balaban J connectivity index is 2.09. The number of amides is 2. The molecule has 2 unspecified atom stereocenters. The fraction of sp³-hybridized carbons (Fsp3) is 0.846. The van der Waals surface area contributed by atoms with Crippen LogP contribution >= 0.6 is 11.8 Å².